The number of methoxy groups -OCH3 is 1. The minimum absolute atomic E-state index is 0.0470. The summed E-state index contributed by atoms with van der Waals surface area (Å²) in [6, 6.07) is 3.60. The molecule has 92 valence electrons. The highest BCUT2D eigenvalue weighted by molar-refractivity contribution is 6.32. The lowest BCUT2D eigenvalue weighted by Gasteiger charge is -2.10. The van der Waals surface area contributed by atoms with Crippen molar-refractivity contribution in [2.75, 3.05) is 13.7 Å². The van der Waals surface area contributed by atoms with Crippen LogP contribution < -0.4 is 10.1 Å². The highest BCUT2D eigenvalue weighted by Crippen LogP contribution is 2.27. The van der Waals surface area contributed by atoms with E-state index < -0.39 is 0 Å². The van der Waals surface area contributed by atoms with Gasteiger partial charge < -0.3 is 10.1 Å². The average Bonchev–Trinajstić information content (AvgIpc) is 2.30. The number of carbonyl (C=O) groups is 1. The van der Waals surface area contributed by atoms with Crippen molar-refractivity contribution in [3.05, 3.63) is 40.9 Å². The molecular formula is C13H16ClNO2. The average molecular weight is 254 g/mol. The van der Waals surface area contributed by atoms with Gasteiger partial charge in [0.15, 0.2) is 0 Å². The second kappa shape index (κ2) is 6.30. The molecule has 1 aromatic carbocycles. The zero-order chi connectivity index (χ0) is 12.8. The maximum absolute atomic E-state index is 11.6. The summed E-state index contributed by atoms with van der Waals surface area (Å²) in [5.41, 5.74) is 1.89. The number of ether oxygens (including phenoxy) is 1. The van der Waals surface area contributed by atoms with Gasteiger partial charge in [0.25, 0.3) is 0 Å². The lowest BCUT2D eigenvalue weighted by atomic mass is 10.0. The second-order valence-electron chi connectivity index (χ2n) is 3.68. The first-order chi connectivity index (χ1) is 8.08. The number of rotatable bonds is 5. The topological polar surface area (TPSA) is 38.3 Å². The van der Waals surface area contributed by atoms with E-state index in [9.17, 15) is 4.79 Å². The van der Waals surface area contributed by atoms with Crippen LogP contribution in [-0.2, 0) is 11.2 Å². The van der Waals surface area contributed by atoms with Gasteiger partial charge in [-0.2, -0.15) is 0 Å². The van der Waals surface area contributed by atoms with Crippen LogP contribution in [0.2, 0.25) is 5.02 Å². The fourth-order valence-corrected chi connectivity index (χ4v) is 1.73. The summed E-state index contributed by atoms with van der Waals surface area (Å²) in [6.45, 7) is 5.94. The molecule has 1 amide bonds. The van der Waals surface area contributed by atoms with E-state index in [1.54, 1.807) is 19.3 Å². The van der Waals surface area contributed by atoms with Gasteiger partial charge in [-0.25, -0.2) is 0 Å². The molecule has 0 saturated carbocycles. The highest BCUT2D eigenvalue weighted by Gasteiger charge is 2.09. The van der Waals surface area contributed by atoms with Gasteiger partial charge in [0.05, 0.1) is 18.6 Å². The summed E-state index contributed by atoms with van der Waals surface area (Å²) in [5.74, 6) is 0.577. The first-order valence-corrected chi connectivity index (χ1v) is 5.67. The second-order valence-corrected chi connectivity index (χ2v) is 4.09. The summed E-state index contributed by atoms with van der Waals surface area (Å²) >= 11 is 6.02. The van der Waals surface area contributed by atoms with Gasteiger partial charge in [-0.3, -0.25) is 4.79 Å². The van der Waals surface area contributed by atoms with E-state index in [1.807, 2.05) is 13.0 Å². The van der Waals surface area contributed by atoms with Gasteiger partial charge in [-0.15, -0.1) is 6.58 Å². The number of hydrogen-bond acceptors (Lipinski definition) is 2. The lowest BCUT2D eigenvalue weighted by Crippen LogP contribution is -2.25. The van der Waals surface area contributed by atoms with Crippen molar-refractivity contribution >= 4 is 17.5 Å². The predicted molar refractivity (Wildman–Crippen MR) is 69.7 cm³/mol. The maximum atomic E-state index is 11.6. The highest BCUT2D eigenvalue weighted by atomic mass is 35.5. The molecule has 0 unspecified atom stereocenters. The monoisotopic (exact) mass is 253 g/mol. The van der Waals surface area contributed by atoms with Crippen LogP contribution in [0.25, 0.3) is 0 Å². The van der Waals surface area contributed by atoms with Gasteiger partial charge in [-0.05, 0) is 30.2 Å². The molecule has 0 aliphatic heterocycles. The van der Waals surface area contributed by atoms with Crippen molar-refractivity contribution in [1.82, 2.24) is 5.32 Å². The van der Waals surface area contributed by atoms with Gasteiger partial charge in [-0.1, -0.05) is 17.7 Å². The molecule has 0 bridgehead atoms. The number of halogens is 1. The van der Waals surface area contributed by atoms with Crippen LogP contribution in [-0.4, -0.2) is 19.6 Å². The summed E-state index contributed by atoms with van der Waals surface area (Å²) < 4.78 is 5.10. The van der Waals surface area contributed by atoms with Crippen molar-refractivity contribution in [3.8, 4) is 5.75 Å². The Morgan fingerprint density at radius 2 is 2.29 bits per heavy atom. The predicted octanol–water partition coefficient (Wildman–Crippen LogP) is 2.50. The van der Waals surface area contributed by atoms with Crippen molar-refractivity contribution < 1.29 is 9.53 Å². The number of benzene rings is 1. The van der Waals surface area contributed by atoms with Crippen LogP contribution in [0.3, 0.4) is 0 Å². The fraction of sp³-hybridized carbons (Fsp3) is 0.308. The van der Waals surface area contributed by atoms with E-state index in [0.717, 1.165) is 11.1 Å². The van der Waals surface area contributed by atoms with Crippen LogP contribution >= 0.6 is 11.6 Å². The Kier molecular flexibility index (Phi) is 5.04. The molecule has 0 aromatic heterocycles. The SMILES string of the molecule is C=CCNC(=O)Cc1cc(Cl)c(OC)cc1C. The zero-order valence-corrected chi connectivity index (χ0v) is 10.8. The van der Waals surface area contributed by atoms with Crippen LogP contribution in [0.5, 0.6) is 5.75 Å². The summed E-state index contributed by atoms with van der Waals surface area (Å²) in [5, 5.41) is 3.24. The number of hydrogen-bond donors (Lipinski definition) is 1. The van der Waals surface area contributed by atoms with Crippen molar-refractivity contribution in [3.63, 3.8) is 0 Å². The number of carbonyl (C=O) groups excluding carboxylic acids is 1. The van der Waals surface area contributed by atoms with Crippen LogP contribution in [0.1, 0.15) is 11.1 Å². The minimum atomic E-state index is -0.0470. The fourth-order valence-electron chi connectivity index (χ4n) is 1.46. The molecule has 4 heteroatoms. The Bertz CT molecular complexity index is 430. The van der Waals surface area contributed by atoms with Gasteiger partial charge in [0.2, 0.25) is 5.91 Å². The van der Waals surface area contributed by atoms with E-state index >= 15 is 0 Å². The van der Waals surface area contributed by atoms with E-state index in [4.69, 9.17) is 16.3 Å². The molecular weight excluding hydrogens is 238 g/mol. The molecule has 1 rings (SSSR count). The smallest absolute Gasteiger partial charge is 0.224 e. The third-order valence-electron chi connectivity index (χ3n) is 2.40. The number of aryl methyl sites for hydroxylation is 1. The van der Waals surface area contributed by atoms with Gasteiger partial charge in [0, 0.05) is 6.54 Å². The largest absolute Gasteiger partial charge is 0.495 e. The standard InChI is InChI=1S/C13H16ClNO2/c1-4-5-15-13(16)8-10-7-11(14)12(17-3)6-9(10)2/h4,6-7H,1,5,8H2,2-3H3,(H,15,16). The molecule has 0 saturated heterocycles. The van der Waals surface area contributed by atoms with E-state index in [0.29, 0.717) is 23.7 Å². The quantitative estimate of drug-likeness (QED) is 0.819. The molecule has 0 heterocycles. The number of amides is 1. The minimum Gasteiger partial charge on any atom is -0.495 e. The molecule has 0 fully saturated rings. The number of nitrogens with one attached hydrogen (secondary N) is 1. The van der Waals surface area contributed by atoms with Crippen LogP contribution in [0.4, 0.5) is 0 Å². The molecule has 0 spiro atoms. The normalized spacial score (nSPS) is 9.82. The Labute approximate surface area is 106 Å². The summed E-state index contributed by atoms with van der Waals surface area (Å²) in [7, 11) is 1.57. The Balaban J connectivity index is 2.81. The van der Waals surface area contributed by atoms with Gasteiger partial charge >= 0.3 is 0 Å². The molecule has 0 atom stereocenters. The van der Waals surface area contributed by atoms with E-state index in [1.165, 1.54) is 0 Å². The Hall–Kier alpha value is -1.48. The Morgan fingerprint density at radius 1 is 1.59 bits per heavy atom. The molecule has 1 N–H and O–H groups in total. The van der Waals surface area contributed by atoms with Crippen LogP contribution in [0.15, 0.2) is 24.8 Å². The molecule has 0 aliphatic rings. The zero-order valence-electron chi connectivity index (χ0n) is 10.0. The lowest BCUT2D eigenvalue weighted by molar-refractivity contribution is -0.120. The van der Waals surface area contributed by atoms with Crippen molar-refractivity contribution in [2.24, 2.45) is 0 Å². The molecule has 0 radical (unpaired) electrons. The van der Waals surface area contributed by atoms with Crippen molar-refractivity contribution in [2.45, 2.75) is 13.3 Å². The summed E-state index contributed by atoms with van der Waals surface area (Å²) in [4.78, 5) is 11.6. The maximum Gasteiger partial charge on any atom is 0.224 e. The molecule has 1 aromatic rings. The van der Waals surface area contributed by atoms with Crippen LogP contribution in [0, 0.1) is 6.92 Å². The van der Waals surface area contributed by atoms with Gasteiger partial charge in [0.1, 0.15) is 5.75 Å². The first kappa shape index (κ1) is 13.6. The third kappa shape index (κ3) is 3.79. The van der Waals surface area contributed by atoms with E-state index in [-0.39, 0.29) is 5.91 Å². The van der Waals surface area contributed by atoms with Crippen molar-refractivity contribution in [1.29, 1.82) is 0 Å². The summed E-state index contributed by atoms with van der Waals surface area (Å²) in [6.07, 6.45) is 1.95. The third-order valence-corrected chi connectivity index (χ3v) is 2.70. The molecule has 0 aliphatic carbocycles. The Morgan fingerprint density at radius 3 is 2.88 bits per heavy atom. The van der Waals surface area contributed by atoms with E-state index in [2.05, 4.69) is 11.9 Å². The molecule has 17 heavy (non-hydrogen) atoms. The molecule has 3 nitrogen and oxygen atoms in total. The first-order valence-electron chi connectivity index (χ1n) is 5.29.